The van der Waals surface area contributed by atoms with Gasteiger partial charge in [-0.25, -0.2) is 4.79 Å². The number of fused-ring (bicyclic) bond motifs is 1. The van der Waals surface area contributed by atoms with Gasteiger partial charge in [0, 0.05) is 13.2 Å². The molecule has 1 aliphatic carbocycles. The van der Waals surface area contributed by atoms with Gasteiger partial charge in [0.05, 0.1) is 17.9 Å². The van der Waals surface area contributed by atoms with Gasteiger partial charge in [-0.2, -0.15) is 5.10 Å². The quantitative estimate of drug-likeness (QED) is 0.781. The molecule has 0 saturated heterocycles. The van der Waals surface area contributed by atoms with Crippen LogP contribution in [0.15, 0.2) is 30.6 Å². The summed E-state index contributed by atoms with van der Waals surface area (Å²) < 4.78 is 1.62. The van der Waals surface area contributed by atoms with Gasteiger partial charge < -0.3 is 15.7 Å². The molecule has 0 unspecified atom stereocenters. The highest BCUT2D eigenvalue weighted by Crippen LogP contribution is 2.36. The third-order valence-electron chi connectivity index (χ3n) is 3.51. The molecule has 6 nitrogen and oxygen atoms in total. The molecule has 20 heavy (non-hydrogen) atoms. The molecule has 104 valence electrons. The standard InChI is InChI=1S/C14H16N4O2/c1-18-8-9(7-15-18)16-14(20)17-12-6-5-11-10(12)3-2-4-13(11)19/h2-4,7-8,12,19H,5-6H2,1H3,(H2,16,17,20)/t12-/m1/s1. The highest BCUT2D eigenvalue weighted by molar-refractivity contribution is 5.89. The first kappa shape index (κ1) is 12.5. The minimum Gasteiger partial charge on any atom is -0.508 e. The van der Waals surface area contributed by atoms with Gasteiger partial charge in [0.15, 0.2) is 0 Å². The molecule has 2 amide bonds. The van der Waals surface area contributed by atoms with E-state index in [0.717, 1.165) is 24.0 Å². The molecular formula is C14H16N4O2. The fourth-order valence-corrected chi connectivity index (χ4v) is 2.60. The van der Waals surface area contributed by atoms with E-state index >= 15 is 0 Å². The second-order valence-electron chi connectivity index (χ2n) is 4.94. The van der Waals surface area contributed by atoms with Crippen LogP contribution in [0.5, 0.6) is 5.75 Å². The fourth-order valence-electron chi connectivity index (χ4n) is 2.60. The number of aryl methyl sites for hydroxylation is 1. The summed E-state index contributed by atoms with van der Waals surface area (Å²) in [4.78, 5) is 12.0. The molecule has 1 atom stereocenters. The molecule has 1 aromatic heterocycles. The Hall–Kier alpha value is -2.50. The van der Waals surface area contributed by atoms with Gasteiger partial charge in [-0.05, 0) is 30.0 Å². The van der Waals surface area contributed by atoms with Crippen LogP contribution in [0, 0.1) is 0 Å². The first-order valence-electron chi connectivity index (χ1n) is 6.50. The Balaban J connectivity index is 1.68. The fraction of sp³-hybridized carbons (Fsp3) is 0.286. The average molecular weight is 272 g/mol. The molecular weight excluding hydrogens is 256 g/mol. The van der Waals surface area contributed by atoms with Crippen LogP contribution in [-0.2, 0) is 13.5 Å². The largest absolute Gasteiger partial charge is 0.508 e. The van der Waals surface area contributed by atoms with E-state index in [1.165, 1.54) is 0 Å². The van der Waals surface area contributed by atoms with E-state index in [0.29, 0.717) is 11.4 Å². The van der Waals surface area contributed by atoms with E-state index in [-0.39, 0.29) is 12.1 Å². The predicted molar refractivity (Wildman–Crippen MR) is 74.5 cm³/mol. The summed E-state index contributed by atoms with van der Waals surface area (Å²) >= 11 is 0. The first-order chi connectivity index (χ1) is 9.63. The molecule has 0 fully saturated rings. The normalized spacial score (nSPS) is 16.8. The van der Waals surface area contributed by atoms with Gasteiger partial charge >= 0.3 is 6.03 Å². The van der Waals surface area contributed by atoms with E-state index < -0.39 is 0 Å². The number of carbonyl (C=O) groups is 1. The van der Waals surface area contributed by atoms with Crippen molar-refractivity contribution in [1.82, 2.24) is 15.1 Å². The molecule has 0 radical (unpaired) electrons. The summed E-state index contributed by atoms with van der Waals surface area (Å²) in [5.41, 5.74) is 2.57. The second-order valence-corrected chi connectivity index (χ2v) is 4.94. The Labute approximate surface area is 116 Å². The van der Waals surface area contributed by atoms with Gasteiger partial charge in [-0.1, -0.05) is 12.1 Å². The molecule has 0 spiro atoms. The number of anilines is 1. The zero-order valence-electron chi connectivity index (χ0n) is 11.1. The van der Waals surface area contributed by atoms with Crippen molar-refractivity contribution in [2.24, 2.45) is 7.05 Å². The predicted octanol–water partition coefficient (Wildman–Crippen LogP) is 1.93. The summed E-state index contributed by atoms with van der Waals surface area (Å²) in [5.74, 6) is 0.305. The Morgan fingerprint density at radius 1 is 1.50 bits per heavy atom. The van der Waals surface area contributed by atoms with Crippen LogP contribution in [-0.4, -0.2) is 20.9 Å². The molecule has 1 aromatic carbocycles. The van der Waals surface area contributed by atoms with Crippen molar-refractivity contribution in [2.45, 2.75) is 18.9 Å². The SMILES string of the molecule is Cn1cc(NC(=O)N[C@@H]2CCc3c(O)cccc32)cn1. The molecule has 0 aliphatic heterocycles. The van der Waals surface area contributed by atoms with E-state index in [4.69, 9.17) is 0 Å². The maximum atomic E-state index is 12.0. The number of hydrogen-bond donors (Lipinski definition) is 3. The van der Waals surface area contributed by atoms with E-state index in [9.17, 15) is 9.90 Å². The smallest absolute Gasteiger partial charge is 0.319 e. The second kappa shape index (κ2) is 4.88. The van der Waals surface area contributed by atoms with Crippen molar-refractivity contribution in [3.63, 3.8) is 0 Å². The highest BCUT2D eigenvalue weighted by atomic mass is 16.3. The molecule has 0 bridgehead atoms. The third-order valence-corrected chi connectivity index (χ3v) is 3.51. The van der Waals surface area contributed by atoms with Crippen molar-refractivity contribution in [2.75, 3.05) is 5.32 Å². The molecule has 3 rings (SSSR count). The van der Waals surface area contributed by atoms with Crippen molar-refractivity contribution in [3.05, 3.63) is 41.7 Å². The Morgan fingerprint density at radius 3 is 3.10 bits per heavy atom. The number of carbonyl (C=O) groups excluding carboxylic acids is 1. The number of hydrogen-bond acceptors (Lipinski definition) is 3. The first-order valence-corrected chi connectivity index (χ1v) is 6.50. The third kappa shape index (κ3) is 2.32. The van der Waals surface area contributed by atoms with Gasteiger partial charge in [0.25, 0.3) is 0 Å². The number of benzene rings is 1. The topological polar surface area (TPSA) is 79.2 Å². The summed E-state index contributed by atoms with van der Waals surface area (Å²) in [7, 11) is 1.79. The average Bonchev–Trinajstić information content (AvgIpc) is 2.98. The lowest BCUT2D eigenvalue weighted by molar-refractivity contribution is 0.248. The summed E-state index contributed by atoms with van der Waals surface area (Å²) in [6.07, 6.45) is 4.90. The summed E-state index contributed by atoms with van der Waals surface area (Å²) in [5, 5.41) is 19.4. The number of phenolic OH excluding ortho intramolecular Hbond substituents is 1. The summed E-state index contributed by atoms with van der Waals surface area (Å²) in [6.45, 7) is 0. The molecule has 3 N–H and O–H groups in total. The lowest BCUT2D eigenvalue weighted by atomic mass is 10.1. The number of amides is 2. The van der Waals surface area contributed by atoms with Crippen LogP contribution < -0.4 is 10.6 Å². The zero-order valence-corrected chi connectivity index (χ0v) is 11.1. The maximum Gasteiger partial charge on any atom is 0.319 e. The van der Waals surface area contributed by atoms with E-state index in [2.05, 4.69) is 15.7 Å². The molecule has 1 aliphatic rings. The van der Waals surface area contributed by atoms with E-state index in [1.807, 2.05) is 6.07 Å². The molecule has 2 aromatic rings. The number of phenols is 1. The van der Waals surface area contributed by atoms with Crippen LogP contribution in [0.25, 0.3) is 0 Å². The van der Waals surface area contributed by atoms with Crippen LogP contribution in [0.1, 0.15) is 23.6 Å². The highest BCUT2D eigenvalue weighted by Gasteiger charge is 2.25. The van der Waals surface area contributed by atoms with Crippen LogP contribution in [0.3, 0.4) is 0 Å². The number of rotatable bonds is 2. The number of urea groups is 1. The Bertz CT molecular complexity index is 650. The van der Waals surface area contributed by atoms with Gasteiger partial charge in [0.2, 0.25) is 0 Å². The van der Waals surface area contributed by atoms with Crippen molar-refractivity contribution < 1.29 is 9.90 Å². The van der Waals surface area contributed by atoms with Gasteiger partial charge in [0.1, 0.15) is 5.75 Å². The number of nitrogens with one attached hydrogen (secondary N) is 2. The summed E-state index contributed by atoms with van der Waals surface area (Å²) in [6, 6.07) is 5.09. The number of nitrogens with zero attached hydrogens (tertiary/aromatic N) is 2. The minimum atomic E-state index is -0.265. The van der Waals surface area contributed by atoms with Gasteiger partial charge in [-0.15, -0.1) is 0 Å². The lowest BCUT2D eigenvalue weighted by Crippen LogP contribution is -2.31. The van der Waals surface area contributed by atoms with Crippen molar-refractivity contribution in [1.29, 1.82) is 0 Å². The van der Waals surface area contributed by atoms with E-state index in [1.54, 1.807) is 36.3 Å². The monoisotopic (exact) mass is 272 g/mol. The van der Waals surface area contributed by atoms with Crippen molar-refractivity contribution in [3.8, 4) is 5.75 Å². The Morgan fingerprint density at radius 2 is 2.35 bits per heavy atom. The molecule has 1 heterocycles. The van der Waals surface area contributed by atoms with Crippen LogP contribution >= 0.6 is 0 Å². The maximum absolute atomic E-state index is 12.0. The van der Waals surface area contributed by atoms with Crippen LogP contribution in [0.4, 0.5) is 10.5 Å². The molecule has 0 saturated carbocycles. The minimum absolute atomic E-state index is 0.0613. The van der Waals surface area contributed by atoms with Crippen molar-refractivity contribution >= 4 is 11.7 Å². The number of aromatic hydroxyl groups is 1. The number of aromatic nitrogens is 2. The lowest BCUT2D eigenvalue weighted by Gasteiger charge is -2.14. The zero-order chi connectivity index (χ0) is 14.1. The van der Waals surface area contributed by atoms with Gasteiger partial charge in [-0.3, -0.25) is 4.68 Å². The Kier molecular flexibility index (Phi) is 3.06. The molecule has 6 heteroatoms. The van der Waals surface area contributed by atoms with Crippen LogP contribution in [0.2, 0.25) is 0 Å².